The fourth-order valence-electron chi connectivity index (χ4n) is 5.08. The summed E-state index contributed by atoms with van der Waals surface area (Å²) in [4.78, 5) is 15.4. The van der Waals surface area contributed by atoms with E-state index in [1.54, 1.807) is 7.11 Å². The first kappa shape index (κ1) is 22.6. The normalized spacial score (nSPS) is 22.0. The van der Waals surface area contributed by atoms with Gasteiger partial charge in [0.15, 0.2) is 0 Å². The van der Waals surface area contributed by atoms with Gasteiger partial charge in [-0.15, -0.1) is 0 Å². The Kier molecular flexibility index (Phi) is 6.36. The third-order valence-electron chi connectivity index (χ3n) is 6.81. The number of carbonyl (C=O) groups excluding carboxylic acids is 1. The summed E-state index contributed by atoms with van der Waals surface area (Å²) in [5.74, 6) is 0.702. The minimum atomic E-state index is -1.20. The van der Waals surface area contributed by atoms with Gasteiger partial charge >= 0.3 is 6.03 Å². The Bertz CT molecular complexity index is 1130. The van der Waals surface area contributed by atoms with Crippen LogP contribution in [-0.4, -0.2) is 65.2 Å². The molecule has 1 aliphatic carbocycles. The molecule has 3 N–H and O–H groups in total. The average molecular weight is 462 g/mol. The van der Waals surface area contributed by atoms with E-state index in [9.17, 15) is 9.90 Å². The van der Waals surface area contributed by atoms with E-state index in [1.807, 2.05) is 65.3 Å². The summed E-state index contributed by atoms with van der Waals surface area (Å²) in [7, 11) is 1.66. The molecule has 2 amide bonds. The first-order chi connectivity index (χ1) is 16.6. The fraction of sp³-hybridized carbons (Fsp3) is 0.385. The van der Waals surface area contributed by atoms with Crippen molar-refractivity contribution < 1.29 is 14.6 Å². The molecule has 1 aromatic heterocycles. The van der Waals surface area contributed by atoms with Gasteiger partial charge < -0.3 is 15.2 Å². The second-order valence-corrected chi connectivity index (χ2v) is 9.04. The average Bonchev–Trinajstić information content (AvgIpc) is 3.54. The van der Waals surface area contributed by atoms with Gasteiger partial charge in [0.05, 0.1) is 24.0 Å². The molecule has 8 nitrogen and oxygen atoms in total. The number of aryl methyl sites for hydroxylation is 1. The predicted molar refractivity (Wildman–Crippen MR) is 130 cm³/mol. The van der Waals surface area contributed by atoms with Gasteiger partial charge in [0.1, 0.15) is 11.4 Å². The number of methoxy groups -OCH3 is 1. The molecule has 1 saturated heterocycles. The zero-order chi connectivity index (χ0) is 23.5. The highest BCUT2D eigenvalue weighted by atomic mass is 16.5. The topological polar surface area (TPSA) is 91.7 Å². The number of ether oxygens (including phenoxy) is 1. The number of rotatable bonds is 7. The zero-order valence-electron chi connectivity index (χ0n) is 19.4. The van der Waals surface area contributed by atoms with Crippen LogP contribution >= 0.6 is 0 Å². The second-order valence-electron chi connectivity index (χ2n) is 9.04. The van der Waals surface area contributed by atoms with Gasteiger partial charge in [-0.25, -0.2) is 9.48 Å². The van der Waals surface area contributed by atoms with Gasteiger partial charge in [0, 0.05) is 32.3 Å². The molecule has 3 aromatic rings. The lowest BCUT2D eigenvalue weighted by atomic mass is 9.89. The summed E-state index contributed by atoms with van der Waals surface area (Å²) < 4.78 is 7.04. The summed E-state index contributed by atoms with van der Waals surface area (Å²) in [5.41, 5.74) is 2.61. The van der Waals surface area contributed by atoms with Crippen LogP contribution in [0.25, 0.3) is 5.69 Å². The van der Waals surface area contributed by atoms with E-state index in [0.717, 1.165) is 41.8 Å². The number of aromatic nitrogens is 2. The standard InChI is InChI=1S/C26H31N5O3/c1-34-16-15-30-17-23(26(33,18-30)19-9-4-2-5-10-19)27-25(32)28-24-21-13-8-14-22(21)29-31(24)20-11-6-3-7-12-20/h2-7,9-12,23,33H,8,13-18H2,1H3,(H2,27,28,32)/t23-,26-/m1/s1. The molecular weight excluding hydrogens is 430 g/mol. The molecule has 1 aliphatic heterocycles. The number of anilines is 1. The number of fused-ring (bicyclic) bond motifs is 1. The largest absolute Gasteiger partial charge is 0.383 e. The third kappa shape index (κ3) is 4.32. The lowest BCUT2D eigenvalue weighted by Crippen LogP contribution is -2.51. The minimum absolute atomic E-state index is 0.347. The highest BCUT2D eigenvalue weighted by Crippen LogP contribution is 2.33. The van der Waals surface area contributed by atoms with E-state index in [2.05, 4.69) is 15.5 Å². The molecule has 0 saturated carbocycles. The van der Waals surface area contributed by atoms with Gasteiger partial charge in [-0.3, -0.25) is 10.2 Å². The Morgan fingerprint density at radius 1 is 1.15 bits per heavy atom. The quantitative estimate of drug-likeness (QED) is 0.503. The number of para-hydroxylation sites is 1. The van der Waals surface area contributed by atoms with Crippen LogP contribution in [0.15, 0.2) is 60.7 Å². The third-order valence-corrected chi connectivity index (χ3v) is 6.81. The molecule has 2 aliphatic rings. The van der Waals surface area contributed by atoms with E-state index in [-0.39, 0.29) is 6.03 Å². The number of aliphatic hydroxyl groups is 1. The maximum atomic E-state index is 13.3. The lowest BCUT2D eigenvalue weighted by molar-refractivity contribution is 0.0244. The van der Waals surface area contributed by atoms with Crippen LogP contribution in [0.4, 0.5) is 10.6 Å². The van der Waals surface area contributed by atoms with Gasteiger partial charge in [-0.05, 0) is 37.0 Å². The first-order valence-electron chi connectivity index (χ1n) is 11.8. The summed E-state index contributed by atoms with van der Waals surface area (Å²) in [6.45, 7) is 2.19. The number of hydrogen-bond donors (Lipinski definition) is 3. The molecule has 2 heterocycles. The van der Waals surface area contributed by atoms with Crippen molar-refractivity contribution in [3.05, 3.63) is 77.5 Å². The Balaban J connectivity index is 1.39. The highest BCUT2D eigenvalue weighted by molar-refractivity contribution is 5.90. The van der Waals surface area contributed by atoms with Crippen molar-refractivity contribution >= 4 is 11.8 Å². The van der Waals surface area contributed by atoms with Crippen molar-refractivity contribution in [2.24, 2.45) is 0 Å². The minimum Gasteiger partial charge on any atom is -0.383 e. The number of nitrogens with one attached hydrogen (secondary N) is 2. The van der Waals surface area contributed by atoms with E-state index in [1.165, 1.54) is 0 Å². The van der Waals surface area contributed by atoms with Crippen LogP contribution in [0.3, 0.4) is 0 Å². The number of amides is 2. The monoisotopic (exact) mass is 461 g/mol. The highest BCUT2D eigenvalue weighted by Gasteiger charge is 2.47. The fourth-order valence-corrected chi connectivity index (χ4v) is 5.08. The molecule has 0 spiro atoms. The zero-order valence-corrected chi connectivity index (χ0v) is 19.4. The summed E-state index contributed by atoms with van der Waals surface area (Å²) in [6, 6.07) is 18.5. The molecule has 2 aromatic carbocycles. The van der Waals surface area contributed by atoms with Crippen molar-refractivity contribution in [1.82, 2.24) is 20.0 Å². The molecule has 8 heteroatoms. The summed E-state index contributed by atoms with van der Waals surface area (Å²) in [5, 5.41) is 22.6. The second kappa shape index (κ2) is 9.58. The van der Waals surface area contributed by atoms with Crippen molar-refractivity contribution in [2.45, 2.75) is 30.9 Å². The summed E-state index contributed by atoms with van der Waals surface area (Å²) in [6.07, 6.45) is 2.84. The van der Waals surface area contributed by atoms with Crippen molar-refractivity contribution in [1.29, 1.82) is 0 Å². The van der Waals surface area contributed by atoms with Gasteiger partial charge in [-0.2, -0.15) is 5.10 Å². The van der Waals surface area contributed by atoms with Crippen LogP contribution in [0.2, 0.25) is 0 Å². The van der Waals surface area contributed by atoms with Crippen molar-refractivity contribution in [2.75, 3.05) is 38.7 Å². The number of carbonyl (C=O) groups is 1. The van der Waals surface area contributed by atoms with E-state index < -0.39 is 11.6 Å². The molecule has 0 bridgehead atoms. The number of urea groups is 1. The van der Waals surface area contributed by atoms with Gasteiger partial charge in [0.25, 0.3) is 0 Å². The maximum absolute atomic E-state index is 13.3. The molecule has 34 heavy (non-hydrogen) atoms. The van der Waals surface area contributed by atoms with Crippen LogP contribution in [0.1, 0.15) is 23.2 Å². The number of benzene rings is 2. The Morgan fingerprint density at radius 2 is 1.88 bits per heavy atom. The van der Waals surface area contributed by atoms with E-state index in [0.29, 0.717) is 32.1 Å². The number of likely N-dealkylation sites (tertiary alicyclic amines) is 1. The Hall–Kier alpha value is -3.20. The molecule has 178 valence electrons. The van der Waals surface area contributed by atoms with Crippen molar-refractivity contribution in [3.8, 4) is 5.69 Å². The summed E-state index contributed by atoms with van der Waals surface area (Å²) >= 11 is 0. The van der Waals surface area contributed by atoms with Crippen LogP contribution in [0, 0.1) is 0 Å². The molecule has 0 unspecified atom stereocenters. The van der Waals surface area contributed by atoms with Gasteiger partial charge in [0.2, 0.25) is 0 Å². The number of hydrogen-bond acceptors (Lipinski definition) is 5. The number of nitrogens with zero attached hydrogens (tertiary/aromatic N) is 3. The molecule has 1 fully saturated rings. The predicted octanol–water partition coefficient (Wildman–Crippen LogP) is 2.70. The molecule has 0 radical (unpaired) electrons. The van der Waals surface area contributed by atoms with Crippen LogP contribution in [-0.2, 0) is 23.2 Å². The maximum Gasteiger partial charge on any atom is 0.320 e. The smallest absolute Gasteiger partial charge is 0.320 e. The Labute approximate surface area is 199 Å². The molecule has 5 rings (SSSR count). The molecule has 2 atom stereocenters. The van der Waals surface area contributed by atoms with Crippen molar-refractivity contribution in [3.63, 3.8) is 0 Å². The van der Waals surface area contributed by atoms with E-state index >= 15 is 0 Å². The SMILES string of the molecule is COCCN1C[C@@H](NC(=O)Nc2c3c(nn2-c2ccccc2)CCC3)[C@](O)(c2ccccc2)C1. The van der Waals surface area contributed by atoms with Gasteiger partial charge in [-0.1, -0.05) is 48.5 Å². The van der Waals surface area contributed by atoms with Crippen LogP contribution in [0.5, 0.6) is 0 Å². The van der Waals surface area contributed by atoms with E-state index in [4.69, 9.17) is 9.84 Å². The Morgan fingerprint density at radius 3 is 2.62 bits per heavy atom. The first-order valence-corrected chi connectivity index (χ1v) is 11.8. The lowest BCUT2D eigenvalue weighted by Gasteiger charge is -2.30. The molecular formula is C26H31N5O3. The van der Waals surface area contributed by atoms with Crippen LogP contribution < -0.4 is 10.6 Å². The number of β-amino-alcohol motifs (C(OH)–C–C–N with tert-alkyl or cyclic N) is 1.